The summed E-state index contributed by atoms with van der Waals surface area (Å²) in [6, 6.07) is 5.43. The number of fused-ring (bicyclic) bond motifs is 1. The zero-order valence-corrected chi connectivity index (χ0v) is 10.2. The average Bonchev–Trinajstić information content (AvgIpc) is 2.95. The third-order valence-electron chi connectivity index (χ3n) is 3.14. The SMILES string of the molecule is Cc1nc2ccc(NC(=O)C3CCCN3)cc2o1. The minimum absolute atomic E-state index is 0.0167. The standard InChI is InChI=1S/C13H15N3O2/c1-8-15-10-5-4-9(7-12(10)18-8)16-13(17)11-3-2-6-14-11/h4-5,7,11,14H,2-3,6H2,1H3,(H,16,17). The first-order valence-electron chi connectivity index (χ1n) is 6.14. The van der Waals surface area contributed by atoms with E-state index < -0.39 is 0 Å². The molecule has 1 aromatic heterocycles. The van der Waals surface area contributed by atoms with E-state index in [1.807, 2.05) is 18.2 Å². The number of carbonyl (C=O) groups is 1. The van der Waals surface area contributed by atoms with Crippen LogP contribution in [-0.2, 0) is 4.79 Å². The number of benzene rings is 1. The van der Waals surface area contributed by atoms with Gasteiger partial charge in [-0.2, -0.15) is 0 Å². The van der Waals surface area contributed by atoms with Gasteiger partial charge in [0.1, 0.15) is 5.52 Å². The van der Waals surface area contributed by atoms with Crippen LogP contribution in [-0.4, -0.2) is 23.5 Å². The highest BCUT2D eigenvalue weighted by atomic mass is 16.3. The van der Waals surface area contributed by atoms with Crippen LogP contribution in [0.3, 0.4) is 0 Å². The topological polar surface area (TPSA) is 67.2 Å². The van der Waals surface area contributed by atoms with Crippen LogP contribution >= 0.6 is 0 Å². The summed E-state index contributed by atoms with van der Waals surface area (Å²) in [7, 11) is 0. The van der Waals surface area contributed by atoms with Crippen molar-refractivity contribution in [2.75, 3.05) is 11.9 Å². The lowest BCUT2D eigenvalue weighted by Crippen LogP contribution is -2.35. The number of anilines is 1. The second-order valence-electron chi connectivity index (χ2n) is 4.55. The Labute approximate surface area is 105 Å². The van der Waals surface area contributed by atoms with Gasteiger partial charge in [-0.3, -0.25) is 4.79 Å². The number of aryl methyl sites for hydroxylation is 1. The second kappa shape index (κ2) is 4.42. The number of hydrogen-bond donors (Lipinski definition) is 2. The fourth-order valence-corrected chi connectivity index (χ4v) is 2.26. The van der Waals surface area contributed by atoms with E-state index in [1.165, 1.54) is 0 Å². The molecule has 1 amide bonds. The third-order valence-corrected chi connectivity index (χ3v) is 3.14. The Balaban J connectivity index is 1.79. The Bertz CT molecular complexity index is 585. The van der Waals surface area contributed by atoms with E-state index >= 15 is 0 Å². The molecule has 94 valence electrons. The van der Waals surface area contributed by atoms with Crippen LogP contribution in [0.2, 0.25) is 0 Å². The van der Waals surface area contributed by atoms with Crippen LogP contribution in [0.1, 0.15) is 18.7 Å². The van der Waals surface area contributed by atoms with Crippen molar-refractivity contribution >= 4 is 22.7 Å². The molecule has 2 N–H and O–H groups in total. The first kappa shape index (κ1) is 11.2. The summed E-state index contributed by atoms with van der Waals surface area (Å²) < 4.78 is 5.44. The van der Waals surface area contributed by atoms with Gasteiger partial charge in [-0.25, -0.2) is 4.98 Å². The van der Waals surface area contributed by atoms with Crippen LogP contribution in [0.4, 0.5) is 5.69 Å². The second-order valence-corrected chi connectivity index (χ2v) is 4.55. The number of hydrogen-bond acceptors (Lipinski definition) is 4. The lowest BCUT2D eigenvalue weighted by molar-refractivity contribution is -0.117. The maximum atomic E-state index is 11.9. The summed E-state index contributed by atoms with van der Waals surface area (Å²) in [4.78, 5) is 16.2. The maximum absolute atomic E-state index is 11.9. The smallest absolute Gasteiger partial charge is 0.241 e. The van der Waals surface area contributed by atoms with Crippen LogP contribution in [0.25, 0.3) is 11.1 Å². The first-order valence-corrected chi connectivity index (χ1v) is 6.14. The zero-order chi connectivity index (χ0) is 12.5. The summed E-state index contributed by atoms with van der Waals surface area (Å²) in [6.07, 6.45) is 1.95. The molecule has 5 nitrogen and oxygen atoms in total. The van der Waals surface area contributed by atoms with Crippen molar-refractivity contribution in [1.82, 2.24) is 10.3 Å². The van der Waals surface area contributed by atoms with Gasteiger partial charge in [0.25, 0.3) is 0 Å². The molecule has 1 fully saturated rings. The van der Waals surface area contributed by atoms with Crippen LogP contribution in [0.15, 0.2) is 22.6 Å². The third kappa shape index (κ3) is 2.09. The number of amides is 1. The molecular formula is C13H15N3O2. The molecule has 2 heterocycles. The molecule has 5 heteroatoms. The largest absolute Gasteiger partial charge is 0.441 e. The monoisotopic (exact) mass is 245 g/mol. The molecule has 18 heavy (non-hydrogen) atoms. The summed E-state index contributed by atoms with van der Waals surface area (Å²) >= 11 is 0. The highest BCUT2D eigenvalue weighted by molar-refractivity contribution is 5.96. The van der Waals surface area contributed by atoms with E-state index in [0.29, 0.717) is 11.5 Å². The molecule has 1 unspecified atom stereocenters. The highest BCUT2D eigenvalue weighted by Gasteiger charge is 2.21. The van der Waals surface area contributed by atoms with E-state index in [0.717, 1.165) is 30.6 Å². The van der Waals surface area contributed by atoms with Crippen molar-refractivity contribution in [2.24, 2.45) is 0 Å². The zero-order valence-electron chi connectivity index (χ0n) is 10.2. The Morgan fingerprint density at radius 2 is 2.44 bits per heavy atom. The van der Waals surface area contributed by atoms with Crippen molar-refractivity contribution in [3.63, 3.8) is 0 Å². The molecule has 1 aliphatic rings. The lowest BCUT2D eigenvalue weighted by atomic mass is 10.2. The molecule has 1 aromatic carbocycles. The average molecular weight is 245 g/mol. The van der Waals surface area contributed by atoms with E-state index in [2.05, 4.69) is 15.6 Å². The summed E-state index contributed by atoms with van der Waals surface area (Å²) in [5.41, 5.74) is 2.26. The molecule has 1 aliphatic heterocycles. The molecule has 2 aromatic rings. The van der Waals surface area contributed by atoms with Crippen LogP contribution in [0.5, 0.6) is 0 Å². The molecule has 0 spiro atoms. The number of oxazole rings is 1. The number of nitrogens with one attached hydrogen (secondary N) is 2. The van der Waals surface area contributed by atoms with Crippen molar-refractivity contribution < 1.29 is 9.21 Å². The van der Waals surface area contributed by atoms with Crippen molar-refractivity contribution in [3.05, 3.63) is 24.1 Å². The first-order chi connectivity index (χ1) is 8.72. The van der Waals surface area contributed by atoms with Crippen LogP contribution in [0, 0.1) is 6.92 Å². The Morgan fingerprint density at radius 3 is 3.22 bits per heavy atom. The number of carbonyl (C=O) groups excluding carboxylic acids is 1. The van der Waals surface area contributed by atoms with E-state index in [-0.39, 0.29) is 11.9 Å². The van der Waals surface area contributed by atoms with Gasteiger partial charge < -0.3 is 15.1 Å². The molecular weight excluding hydrogens is 230 g/mol. The van der Waals surface area contributed by atoms with Crippen molar-refractivity contribution in [3.8, 4) is 0 Å². The molecule has 0 aliphatic carbocycles. The number of nitrogens with zero attached hydrogens (tertiary/aromatic N) is 1. The van der Waals surface area contributed by atoms with Crippen molar-refractivity contribution in [2.45, 2.75) is 25.8 Å². The number of rotatable bonds is 2. The quantitative estimate of drug-likeness (QED) is 0.847. The van der Waals surface area contributed by atoms with Gasteiger partial charge in [0.05, 0.1) is 6.04 Å². The molecule has 1 saturated heterocycles. The Hall–Kier alpha value is -1.88. The predicted molar refractivity (Wildman–Crippen MR) is 68.4 cm³/mol. The lowest BCUT2D eigenvalue weighted by Gasteiger charge is -2.10. The fourth-order valence-electron chi connectivity index (χ4n) is 2.26. The molecule has 3 rings (SSSR count). The predicted octanol–water partition coefficient (Wildman–Crippen LogP) is 1.83. The van der Waals surface area contributed by atoms with Gasteiger partial charge in [-0.05, 0) is 31.5 Å². The van der Waals surface area contributed by atoms with Crippen LogP contribution < -0.4 is 10.6 Å². The summed E-state index contributed by atoms with van der Waals surface area (Å²) in [5, 5.41) is 6.07. The minimum Gasteiger partial charge on any atom is -0.441 e. The molecule has 1 atom stereocenters. The van der Waals surface area contributed by atoms with Crippen molar-refractivity contribution in [1.29, 1.82) is 0 Å². The summed E-state index contributed by atoms with van der Waals surface area (Å²) in [6.45, 7) is 2.72. The van der Waals surface area contributed by atoms with Gasteiger partial charge in [-0.1, -0.05) is 0 Å². The van der Waals surface area contributed by atoms with Gasteiger partial charge in [0, 0.05) is 18.7 Å². The van der Waals surface area contributed by atoms with E-state index in [4.69, 9.17) is 4.42 Å². The number of aromatic nitrogens is 1. The molecule has 0 radical (unpaired) electrons. The molecule has 0 bridgehead atoms. The van der Waals surface area contributed by atoms with E-state index in [1.54, 1.807) is 6.92 Å². The van der Waals surface area contributed by atoms with Gasteiger partial charge in [0.2, 0.25) is 5.91 Å². The Morgan fingerprint density at radius 1 is 1.56 bits per heavy atom. The Kier molecular flexibility index (Phi) is 2.76. The minimum atomic E-state index is -0.0721. The fraction of sp³-hybridized carbons (Fsp3) is 0.385. The normalized spacial score (nSPS) is 19.3. The van der Waals surface area contributed by atoms with Gasteiger partial charge >= 0.3 is 0 Å². The van der Waals surface area contributed by atoms with Gasteiger partial charge in [-0.15, -0.1) is 0 Å². The summed E-state index contributed by atoms with van der Waals surface area (Å²) in [5.74, 6) is 0.647. The maximum Gasteiger partial charge on any atom is 0.241 e. The molecule has 0 saturated carbocycles. The highest BCUT2D eigenvalue weighted by Crippen LogP contribution is 2.20. The van der Waals surface area contributed by atoms with E-state index in [9.17, 15) is 4.79 Å². The van der Waals surface area contributed by atoms with Gasteiger partial charge in [0.15, 0.2) is 11.5 Å².